The van der Waals surface area contributed by atoms with Crippen LogP contribution in [-0.2, 0) is 16.5 Å². The zero-order chi connectivity index (χ0) is 23.7. The number of halogens is 1. The standard InChI is InChI=1S/C23H18FN3O5S/c1-27-21-16(19(26-27)15-6-4-5-7-17(15)24)11-18(33-21)20(28)25-14-9-12(22(29)31-2)8-13(10-14)23(30)32-3/h4-11H,1-3H3,(H,25,28). The van der Waals surface area contributed by atoms with Crippen LogP contribution in [0.1, 0.15) is 30.4 Å². The van der Waals surface area contributed by atoms with Gasteiger partial charge in [0.25, 0.3) is 5.91 Å². The summed E-state index contributed by atoms with van der Waals surface area (Å²) < 4.78 is 25.3. The molecule has 33 heavy (non-hydrogen) atoms. The van der Waals surface area contributed by atoms with Gasteiger partial charge in [0.2, 0.25) is 0 Å². The molecule has 0 radical (unpaired) electrons. The summed E-state index contributed by atoms with van der Waals surface area (Å²) in [5, 5.41) is 7.72. The van der Waals surface area contributed by atoms with Gasteiger partial charge in [-0.3, -0.25) is 9.48 Å². The van der Waals surface area contributed by atoms with E-state index in [2.05, 4.69) is 10.4 Å². The number of aryl methyl sites for hydroxylation is 1. The number of carbonyl (C=O) groups excluding carboxylic acids is 3. The molecule has 2 aromatic heterocycles. The largest absolute Gasteiger partial charge is 0.465 e. The number of anilines is 1. The number of aromatic nitrogens is 2. The number of ether oxygens (including phenoxy) is 2. The second-order valence-electron chi connectivity index (χ2n) is 7.02. The van der Waals surface area contributed by atoms with Gasteiger partial charge >= 0.3 is 11.9 Å². The molecule has 8 nitrogen and oxygen atoms in total. The summed E-state index contributed by atoms with van der Waals surface area (Å²) in [6, 6.07) is 12.0. The highest BCUT2D eigenvalue weighted by molar-refractivity contribution is 7.20. The van der Waals surface area contributed by atoms with Crippen molar-refractivity contribution in [2.75, 3.05) is 19.5 Å². The van der Waals surface area contributed by atoms with Crippen molar-refractivity contribution in [2.45, 2.75) is 0 Å². The molecule has 4 rings (SSSR count). The summed E-state index contributed by atoms with van der Waals surface area (Å²) in [4.78, 5) is 38.0. The van der Waals surface area contributed by atoms with Gasteiger partial charge < -0.3 is 14.8 Å². The predicted molar refractivity (Wildman–Crippen MR) is 121 cm³/mol. The van der Waals surface area contributed by atoms with Crippen molar-refractivity contribution in [3.8, 4) is 11.3 Å². The lowest BCUT2D eigenvalue weighted by Crippen LogP contribution is -2.13. The Balaban J connectivity index is 1.70. The lowest BCUT2D eigenvalue weighted by molar-refractivity contribution is 0.0599. The van der Waals surface area contributed by atoms with Crippen LogP contribution in [0.3, 0.4) is 0 Å². The number of benzene rings is 2. The third-order valence-corrected chi connectivity index (χ3v) is 6.10. The molecule has 0 aliphatic heterocycles. The van der Waals surface area contributed by atoms with Gasteiger partial charge in [-0.25, -0.2) is 14.0 Å². The first-order valence-electron chi connectivity index (χ1n) is 9.67. The Hall–Kier alpha value is -4.05. The Morgan fingerprint density at radius 1 is 1.00 bits per heavy atom. The first kappa shape index (κ1) is 22.2. The average Bonchev–Trinajstić information content (AvgIpc) is 3.39. The van der Waals surface area contributed by atoms with Gasteiger partial charge in [0.1, 0.15) is 16.3 Å². The maximum atomic E-state index is 14.3. The number of nitrogens with zero attached hydrogens (tertiary/aromatic N) is 2. The predicted octanol–water partition coefficient (Wildman–Crippen LogP) is 4.27. The van der Waals surface area contributed by atoms with E-state index < -0.39 is 23.7 Å². The number of methoxy groups -OCH3 is 2. The fourth-order valence-electron chi connectivity index (χ4n) is 3.37. The third-order valence-electron chi connectivity index (χ3n) is 4.90. The third kappa shape index (κ3) is 4.20. The number of hydrogen-bond donors (Lipinski definition) is 1. The molecule has 2 heterocycles. The molecule has 0 bridgehead atoms. The molecule has 1 amide bonds. The van der Waals surface area contributed by atoms with Crippen molar-refractivity contribution < 1.29 is 28.2 Å². The number of rotatable bonds is 5. The van der Waals surface area contributed by atoms with E-state index in [1.54, 1.807) is 36.0 Å². The van der Waals surface area contributed by atoms with E-state index >= 15 is 0 Å². The van der Waals surface area contributed by atoms with Crippen LogP contribution in [0.4, 0.5) is 10.1 Å². The van der Waals surface area contributed by atoms with Crippen molar-refractivity contribution >= 4 is 45.1 Å². The molecule has 168 valence electrons. The highest BCUT2D eigenvalue weighted by Gasteiger charge is 2.21. The normalized spacial score (nSPS) is 10.8. The second-order valence-corrected chi connectivity index (χ2v) is 8.05. The number of hydrogen-bond acceptors (Lipinski definition) is 7. The monoisotopic (exact) mass is 467 g/mol. The fraction of sp³-hybridized carbons (Fsp3) is 0.130. The summed E-state index contributed by atoms with van der Waals surface area (Å²) in [5.74, 6) is -2.21. The van der Waals surface area contributed by atoms with Gasteiger partial charge in [-0.05, 0) is 36.4 Å². The highest BCUT2D eigenvalue weighted by Crippen LogP contribution is 2.35. The maximum absolute atomic E-state index is 14.3. The van der Waals surface area contributed by atoms with Crippen LogP contribution in [0.2, 0.25) is 0 Å². The summed E-state index contributed by atoms with van der Waals surface area (Å²) in [5.41, 5.74) is 1.15. The SMILES string of the molecule is COC(=O)c1cc(NC(=O)c2cc3c(-c4ccccc4F)nn(C)c3s2)cc(C(=O)OC)c1. The van der Waals surface area contributed by atoms with Crippen LogP contribution in [0, 0.1) is 5.82 Å². The topological polar surface area (TPSA) is 99.5 Å². The van der Waals surface area contributed by atoms with Crippen molar-refractivity contribution in [1.82, 2.24) is 9.78 Å². The van der Waals surface area contributed by atoms with Gasteiger partial charge in [0.15, 0.2) is 0 Å². The lowest BCUT2D eigenvalue weighted by atomic mass is 10.1. The molecule has 0 saturated carbocycles. The van der Waals surface area contributed by atoms with E-state index in [1.807, 2.05) is 0 Å². The van der Waals surface area contributed by atoms with Crippen LogP contribution in [0.5, 0.6) is 0 Å². The van der Waals surface area contributed by atoms with Crippen molar-refractivity contribution in [3.05, 3.63) is 70.4 Å². The fourth-order valence-corrected chi connectivity index (χ4v) is 4.34. The van der Waals surface area contributed by atoms with Crippen molar-refractivity contribution in [3.63, 3.8) is 0 Å². The zero-order valence-corrected chi connectivity index (χ0v) is 18.7. The Bertz CT molecular complexity index is 1370. The number of esters is 2. The molecule has 0 aliphatic rings. The van der Waals surface area contributed by atoms with E-state index in [9.17, 15) is 18.8 Å². The van der Waals surface area contributed by atoms with E-state index in [0.717, 1.165) is 0 Å². The van der Waals surface area contributed by atoms with Crippen LogP contribution in [0.15, 0.2) is 48.5 Å². The number of amides is 1. The maximum Gasteiger partial charge on any atom is 0.337 e. The van der Waals surface area contributed by atoms with Gasteiger partial charge in [-0.1, -0.05) is 12.1 Å². The number of carbonyl (C=O) groups is 3. The molecule has 1 N–H and O–H groups in total. The molecule has 2 aromatic carbocycles. The van der Waals surface area contributed by atoms with E-state index in [1.165, 1.54) is 49.8 Å². The molecular formula is C23H18FN3O5S. The van der Waals surface area contributed by atoms with E-state index in [4.69, 9.17) is 9.47 Å². The Morgan fingerprint density at radius 3 is 2.24 bits per heavy atom. The molecule has 0 saturated heterocycles. The Kier molecular flexibility index (Phi) is 5.93. The number of thiophene rings is 1. The minimum atomic E-state index is -0.668. The number of fused-ring (bicyclic) bond motifs is 1. The molecule has 0 fully saturated rings. The zero-order valence-electron chi connectivity index (χ0n) is 17.8. The van der Waals surface area contributed by atoms with Gasteiger partial charge in [-0.15, -0.1) is 11.3 Å². The highest BCUT2D eigenvalue weighted by atomic mass is 32.1. The van der Waals surface area contributed by atoms with E-state index in [0.29, 0.717) is 26.4 Å². The summed E-state index contributed by atoms with van der Waals surface area (Å²) >= 11 is 1.19. The van der Waals surface area contributed by atoms with Crippen LogP contribution in [-0.4, -0.2) is 41.8 Å². The smallest absolute Gasteiger partial charge is 0.337 e. The molecule has 0 unspecified atom stereocenters. The Morgan fingerprint density at radius 2 is 1.64 bits per heavy atom. The molecule has 10 heteroatoms. The molecule has 0 spiro atoms. The molecular weight excluding hydrogens is 449 g/mol. The molecule has 0 aliphatic carbocycles. The van der Waals surface area contributed by atoms with E-state index in [-0.39, 0.29) is 16.8 Å². The summed E-state index contributed by atoms with van der Waals surface area (Å²) in [6.45, 7) is 0. The number of nitrogens with one attached hydrogen (secondary N) is 1. The second kappa shape index (κ2) is 8.83. The van der Waals surface area contributed by atoms with Gasteiger partial charge in [0.05, 0.1) is 30.2 Å². The molecule has 0 atom stereocenters. The lowest BCUT2D eigenvalue weighted by Gasteiger charge is -2.09. The molecule has 4 aromatic rings. The first-order valence-corrected chi connectivity index (χ1v) is 10.5. The van der Waals surface area contributed by atoms with Crippen molar-refractivity contribution in [2.24, 2.45) is 7.05 Å². The minimum absolute atomic E-state index is 0.0816. The van der Waals surface area contributed by atoms with Gasteiger partial charge in [0, 0.05) is 23.7 Å². The van der Waals surface area contributed by atoms with Crippen LogP contribution < -0.4 is 5.32 Å². The van der Waals surface area contributed by atoms with Crippen LogP contribution in [0.25, 0.3) is 21.5 Å². The average molecular weight is 467 g/mol. The quantitative estimate of drug-likeness (QED) is 0.440. The minimum Gasteiger partial charge on any atom is -0.465 e. The summed E-state index contributed by atoms with van der Waals surface area (Å²) in [7, 11) is 4.14. The summed E-state index contributed by atoms with van der Waals surface area (Å²) in [6.07, 6.45) is 0. The Labute approximate surface area is 191 Å². The van der Waals surface area contributed by atoms with Crippen LogP contribution >= 0.6 is 11.3 Å². The van der Waals surface area contributed by atoms with Gasteiger partial charge in [-0.2, -0.15) is 5.10 Å². The first-order chi connectivity index (χ1) is 15.8. The van der Waals surface area contributed by atoms with Crippen molar-refractivity contribution in [1.29, 1.82) is 0 Å².